The predicted molar refractivity (Wildman–Crippen MR) is 96.1 cm³/mol. The molecule has 0 aromatic heterocycles. The molecule has 1 aromatic rings. The highest BCUT2D eigenvalue weighted by Gasteiger charge is 2.20. The number of hydrogen-bond donors (Lipinski definition) is 1. The minimum absolute atomic E-state index is 0.0931. The van der Waals surface area contributed by atoms with Crippen molar-refractivity contribution in [3.63, 3.8) is 0 Å². The average molecular weight is 338 g/mol. The third-order valence-corrected chi connectivity index (χ3v) is 4.56. The number of halogens is 1. The van der Waals surface area contributed by atoms with Gasteiger partial charge in [-0.25, -0.2) is 4.79 Å². The van der Waals surface area contributed by atoms with E-state index in [1.807, 2.05) is 23.1 Å². The number of rotatable bonds is 7. The largest absolute Gasteiger partial charge is 0.338 e. The highest BCUT2D eigenvalue weighted by atomic mass is 35.5. The number of nitrogens with one attached hydrogen (secondary N) is 1. The molecule has 2 rings (SSSR count). The van der Waals surface area contributed by atoms with Crippen LogP contribution in [-0.2, 0) is 6.42 Å². The Morgan fingerprint density at radius 2 is 2.00 bits per heavy atom. The Hall–Kier alpha value is -1.26. The van der Waals surface area contributed by atoms with Crippen molar-refractivity contribution in [2.45, 2.75) is 32.6 Å². The van der Waals surface area contributed by atoms with E-state index in [0.717, 1.165) is 57.1 Å². The molecule has 0 aliphatic carbocycles. The Balaban J connectivity index is 1.64. The Morgan fingerprint density at radius 1 is 1.22 bits per heavy atom. The van der Waals surface area contributed by atoms with E-state index in [0.29, 0.717) is 0 Å². The molecule has 0 saturated carbocycles. The fourth-order valence-electron chi connectivity index (χ4n) is 2.84. The van der Waals surface area contributed by atoms with Crippen LogP contribution in [0.25, 0.3) is 0 Å². The second-order valence-electron chi connectivity index (χ2n) is 6.15. The maximum Gasteiger partial charge on any atom is 0.317 e. The first-order valence-corrected chi connectivity index (χ1v) is 9.06. The zero-order valence-corrected chi connectivity index (χ0v) is 14.8. The first kappa shape index (κ1) is 18.1. The van der Waals surface area contributed by atoms with Crippen LogP contribution in [0.4, 0.5) is 4.79 Å². The number of hydrogen-bond acceptors (Lipinski definition) is 2. The van der Waals surface area contributed by atoms with E-state index in [1.54, 1.807) is 0 Å². The van der Waals surface area contributed by atoms with Crippen LogP contribution in [0.15, 0.2) is 24.3 Å². The summed E-state index contributed by atoms with van der Waals surface area (Å²) in [4.78, 5) is 16.4. The molecule has 23 heavy (non-hydrogen) atoms. The monoisotopic (exact) mass is 337 g/mol. The lowest BCUT2D eigenvalue weighted by atomic mass is 10.1. The van der Waals surface area contributed by atoms with Crippen molar-refractivity contribution in [3.05, 3.63) is 34.9 Å². The number of benzene rings is 1. The number of amides is 2. The SMILES string of the molecule is CCCCCNC(=O)N1CCN(CCc2cccc(Cl)c2)CC1. The quantitative estimate of drug-likeness (QED) is 0.774. The lowest BCUT2D eigenvalue weighted by Gasteiger charge is -2.34. The molecule has 0 radical (unpaired) electrons. The van der Waals surface area contributed by atoms with Gasteiger partial charge >= 0.3 is 6.03 Å². The molecule has 1 aromatic carbocycles. The number of piperazine rings is 1. The van der Waals surface area contributed by atoms with Gasteiger partial charge in [-0.2, -0.15) is 0 Å². The molecule has 0 spiro atoms. The van der Waals surface area contributed by atoms with E-state index in [-0.39, 0.29) is 6.03 Å². The molecule has 1 aliphatic heterocycles. The smallest absolute Gasteiger partial charge is 0.317 e. The second-order valence-corrected chi connectivity index (χ2v) is 6.58. The van der Waals surface area contributed by atoms with Crippen LogP contribution < -0.4 is 5.32 Å². The van der Waals surface area contributed by atoms with Crippen LogP contribution in [-0.4, -0.2) is 55.1 Å². The molecular weight excluding hydrogens is 310 g/mol. The molecule has 0 bridgehead atoms. The fraction of sp³-hybridized carbons (Fsp3) is 0.611. The predicted octanol–water partition coefficient (Wildman–Crippen LogP) is 3.40. The highest BCUT2D eigenvalue weighted by molar-refractivity contribution is 6.30. The molecule has 128 valence electrons. The lowest BCUT2D eigenvalue weighted by Crippen LogP contribution is -2.52. The molecule has 2 amide bonds. The third kappa shape index (κ3) is 6.40. The summed E-state index contributed by atoms with van der Waals surface area (Å²) in [5.41, 5.74) is 1.27. The van der Waals surface area contributed by atoms with Crippen molar-refractivity contribution in [2.24, 2.45) is 0 Å². The fourth-order valence-corrected chi connectivity index (χ4v) is 3.05. The van der Waals surface area contributed by atoms with Gasteiger partial charge in [0.2, 0.25) is 0 Å². The second kappa shape index (κ2) is 9.78. The number of nitrogens with zero attached hydrogens (tertiary/aromatic N) is 2. The zero-order chi connectivity index (χ0) is 16.5. The normalized spacial score (nSPS) is 15.7. The van der Waals surface area contributed by atoms with Crippen LogP contribution in [0.3, 0.4) is 0 Å². The van der Waals surface area contributed by atoms with Crippen molar-refractivity contribution in [1.29, 1.82) is 0 Å². The summed E-state index contributed by atoms with van der Waals surface area (Å²) in [6, 6.07) is 8.14. The third-order valence-electron chi connectivity index (χ3n) is 4.32. The lowest BCUT2D eigenvalue weighted by molar-refractivity contribution is 0.140. The molecule has 0 atom stereocenters. The van der Waals surface area contributed by atoms with Gasteiger partial charge in [0.05, 0.1) is 0 Å². The van der Waals surface area contributed by atoms with E-state index in [2.05, 4.69) is 23.2 Å². The summed E-state index contributed by atoms with van der Waals surface area (Å²) in [6.07, 6.45) is 4.43. The van der Waals surface area contributed by atoms with Crippen molar-refractivity contribution < 1.29 is 4.79 Å². The van der Waals surface area contributed by atoms with Crippen LogP contribution >= 0.6 is 11.6 Å². The van der Waals surface area contributed by atoms with E-state index >= 15 is 0 Å². The molecule has 5 heteroatoms. The number of unbranched alkanes of at least 4 members (excludes halogenated alkanes) is 2. The molecule has 0 unspecified atom stereocenters. The van der Waals surface area contributed by atoms with Crippen molar-refractivity contribution in [3.8, 4) is 0 Å². The molecule has 1 fully saturated rings. The van der Waals surface area contributed by atoms with Gasteiger partial charge in [0, 0.05) is 44.3 Å². The Morgan fingerprint density at radius 3 is 2.70 bits per heavy atom. The van der Waals surface area contributed by atoms with Gasteiger partial charge in [-0.3, -0.25) is 4.90 Å². The maximum absolute atomic E-state index is 12.1. The Kier molecular flexibility index (Phi) is 7.69. The van der Waals surface area contributed by atoms with Gasteiger partial charge in [-0.15, -0.1) is 0 Å². The average Bonchev–Trinajstić information content (AvgIpc) is 2.57. The van der Waals surface area contributed by atoms with Gasteiger partial charge in [0.25, 0.3) is 0 Å². The van der Waals surface area contributed by atoms with Gasteiger partial charge in [0.15, 0.2) is 0 Å². The van der Waals surface area contributed by atoms with Crippen LogP contribution in [0.2, 0.25) is 5.02 Å². The Labute approximate surface area is 144 Å². The molecular formula is C18H28ClN3O. The highest BCUT2D eigenvalue weighted by Crippen LogP contribution is 2.12. The summed E-state index contributed by atoms with van der Waals surface area (Å²) in [5.74, 6) is 0. The minimum Gasteiger partial charge on any atom is -0.338 e. The van der Waals surface area contributed by atoms with Crippen LogP contribution in [0.5, 0.6) is 0 Å². The first-order chi connectivity index (χ1) is 11.2. The van der Waals surface area contributed by atoms with E-state index in [4.69, 9.17) is 11.6 Å². The topological polar surface area (TPSA) is 35.6 Å². The van der Waals surface area contributed by atoms with Crippen LogP contribution in [0, 0.1) is 0 Å². The Bertz CT molecular complexity index is 487. The summed E-state index contributed by atoms with van der Waals surface area (Å²) in [6.45, 7) is 7.51. The summed E-state index contributed by atoms with van der Waals surface area (Å²) in [5, 5.41) is 3.82. The standard InChI is InChI=1S/C18H28ClN3O/c1-2-3-4-9-20-18(23)22-13-11-21(12-14-22)10-8-16-6-5-7-17(19)15-16/h5-7,15H,2-4,8-14H2,1H3,(H,20,23). The van der Waals surface area contributed by atoms with Gasteiger partial charge < -0.3 is 10.2 Å². The first-order valence-electron chi connectivity index (χ1n) is 8.68. The van der Waals surface area contributed by atoms with E-state index in [1.165, 1.54) is 18.4 Å². The number of urea groups is 1. The van der Waals surface area contributed by atoms with Gasteiger partial charge in [-0.05, 0) is 30.5 Å². The maximum atomic E-state index is 12.1. The minimum atomic E-state index is 0.0931. The van der Waals surface area contributed by atoms with Gasteiger partial charge in [0.1, 0.15) is 0 Å². The van der Waals surface area contributed by atoms with Crippen molar-refractivity contribution in [2.75, 3.05) is 39.3 Å². The number of carbonyl (C=O) groups excluding carboxylic acids is 1. The number of carbonyl (C=O) groups is 1. The van der Waals surface area contributed by atoms with Crippen LogP contribution in [0.1, 0.15) is 31.7 Å². The zero-order valence-electron chi connectivity index (χ0n) is 14.1. The van der Waals surface area contributed by atoms with Crippen molar-refractivity contribution >= 4 is 17.6 Å². The molecule has 1 aliphatic rings. The molecule has 1 heterocycles. The molecule has 1 saturated heterocycles. The summed E-state index contributed by atoms with van der Waals surface area (Å²) < 4.78 is 0. The van der Waals surface area contributed by atoms with Gasteiger partial charge in [-0.1, -0.05) is 43.5 Å². The van der Waals surface area contributed by atoms with Crippen molar-refractivity contribution in [1.82, 2.24) is 15.1 Å². The van der Waals surface area contributed by atoms with E-state index in [9.17, 15) is 4.79 Å². The van der Waals surface area contributed by atoms with E-state index < -0.39 is 0 Å². The summed E-state index contributed by atoms with van der Waals surface area (Å²) >= 11 is 6.02. The molecule has 1 N–H and O–H groups in total. The summed E-state index contributed by atoms with van der Waals surface area (Å²) in [7, 11) is 0. The molecule has 4 nitrogen and oxygen atoms in total.